The van der Waals surface area contributed by atoms with Crippen molar-refractivity contribution in [1.82, 2.24) is 4.90 Å². The Labute approximate surface area is 117 Å². The van der Waals surface area contributed by atoms with Crippen molar-refractivity contribution in [2.75, 3.05) is 27.2 Å². The zero-order valence-corrected chi connectivity index (χ0v) is 12.7. The maximum absolute atomic E-state index is 5.46. The smallest absolute Gasteiger partial charge is 0.176 e. The Morgan fingerprint density at radius 3 is 2.25 bits per heavy atom. The molecule has 0 bridgehead atoms. The van der Waals surface area contributed by atoms with Gasteiger partial charge in [-0.05, 0) is 59.0 Å². The van der Waals surface area contributed by atoms with Crippen molar-refractivity contribution in [1.29, 1.82) is 0 Å². The molecule has 0 saturated carbocycles. The van der Waals surface area contributed by atoms with E-state index in [1.165, 1.54) is 0 Å². The van der Waals surface area contributed by atoms with Crippen LogP contribution in [0, 0.1) is 0 Å². The van der Waals surface area contributed by atoms with Crippen molar-refractivity contribution in [3.05, 3.63) is 0 Å². The van der Waals surface area contributed by atoms with Gasteiger partial charge in [0, 0.05) is 0 Å². The van der Waals surface area contributed by atoms with Gasteiger partial charge in [0.25, 0.3) is 0 Å². The number of hydrogen-bond acceptors (Lipinski definition) is 4. The fourth-order valence-electron chi connectivity index (χ4n) is 0.927. The van der Waals surface area contributed by atoms with Gasteiger partial charge in [-0.15, -0.1) is 24.8 Å². The van der Waals surface area contributed by atoms with Crippen LogP contribution in [-0.4, -0.2) is 43.2 Å². The third kappa shape index (κ3) is 10.9. The molecule has 0 amide bonds. The molecule has 0 aliphatic heterocycles. The minimum atomic E-state index is 0. The summed E-state index contributed by atoms with van der Waals surface area (Å²) in [4.78, 5) is 2.04. The van der Waals surface area contributed by atoms with Gasteiger partial charge in [0.05, 0.1) is 12.6 Å². The maximum Gasteiger partial charge on any atom is 0.176 e. The van der Waals surface area contributed by atoms with Crippen molar-refractivity contribution in [3.63, 3.8) is 0 Å². The molecule has 16 heavy (non-hydrogen) atoms. The van der Waals surface area contributed by atoms with E-state index in [0.29, 0.717) is 5.05 Å². The van der Waals surface area contributed by atoms with Crippen LogP contribution in [0.2, 0.25) is 0 Å². The number of nitrogens with zero attached hydrogens (tertiary/aromatic N) is 1. The number of likely N-dealkylation sites (N-methyl/N-ethyl adjacent to an activating group) is 1. The van der Waals surface area contributed by atoms with E-state index in [9.17, 15) is 0 Å². The molecule has 0 spiro atoms. The molecule has 0 saturated heterocycles. The molecule has 2 N–H and O–H groups in total. The van der Waals surface area contributed by atoms with E-state index in [0.717, 1.165) is 32.4 Å². The minimum absolute atomic E-state index is 0. The van der Waals surface area contributed by atoms with Gasteiger partial charge in [-0.25, -0.2) is 0 Å². The van der Waals surface area contributed by atoms with Crippen molar-refractivity contribution < 1.29 is 4.74 Å². The first kappa shape index (κ1) is 21.7. The summed E-state index contributed by atoms with van der Waals surface area (Å²) in [6.45, 7) is 3.53. The van der Waals surface area contributed by atoms with Crippen LogP contribution in [0.25, 0.3) is 0 Å². The molecule has 0 unspecified atom stereocenters. The highest BCUT2D eigenvalue weighted by Gasteiger charge is 2.11. The van der Waals surface area contributed by atoms with Gasteiger partial charge in [0.1, 0.15) is 0 Å². The zero-order valence-electron chi connectivity index (χ0n) is 10.3. The Kier molecular flexibility index (Phi) is 18.2. The SMILES string of the molecule is C[C@@H](C(=S)OCCCCCN)N(C)C.Cl.Cl. The lowest BCUT2D eigenvalue weighted by molar-refractivity contribution is 0.258. The van der Waals surface area contributed by atoms with Crippen molar-refractivity contribution >= 4 is 42.1 Å². The second-order valence-corrected chi connectivity index (χ2v) is 4.06. The van der Waals surface area contributed by atoms with Gasteiger partial charge in [-0.3, -0.25) is 4.90 Å². The number of hydrogen-bond donors (Lipinski definition) is 1. The number of thiocarbonyl (C=S) groups is 1. The van der Waals surface area contributed by atoms with Crippen LogP contribution in [0.4, 0.5) is 0 Å². The summed E-state index contributed by atoms with van der Waals surface area (Å²) in [6.07, 6.45) is 3.23. The number of ether oxygens (including phenoxy) is 1. The van der Waals surface area contributed by atoms with Crippen LogP contribution in [0.3, 0.4) is 0 Å². The molecule has 1 atom stereocenters. The molecule has 0 aliphatic rings. The van der Waals surface area contributed by atoms with Gasteiger partial charge in [0.15, 0.2) is 5.05 Å². The van der Waals surface area contributed by atoms with E-state index < -0.39 is 0 Å². The molecule has 0 aliphatic carbocycles. The van der Waals surface area contributed by atoms with Gasteiger partial charge in [-0.2, -0.15) is 0 Å². The molecule has 0 radical (unpaired) electrons. The van der Waals surface area contributed by atoms with E-state index in [1.54, 1.807) is 0 Å². The van der Waals surface area contributed by atoms with Crippen LogP contribution in [0.15, 0.2) is 0 Å². The van der Waals surface area contributed by atoms with Gasteiger partial charge in [0.2, 0.25) is 0 Å². The monoisotopic (exact) mass is 290 g/mol. The Balaban J connectivity index is -0.000000845. The Morgan fingerprint density at radius 1 is 1.25 bits per heavy atom. The van der Waals surface area contributed by atoms with Crippen molar-refractivity contribution in [2.24, 2.45) is 5.73 Å². The number of nitrogens with two attached hydrogens (primary N) is 1. The average Bonchev–Trinajstić information content (AvgIpc) is 2.16. The summed E-state index contributed by atoms with van der Waals surface area (Å²) in [7, 11) is 3.99. The predicted octanol–water partition coefficient (Wildman–Crippen LogP) is 2.25. The van der Waals surface area contributed by atoms with Crippen LogP contribution in [0.5, 0.6) is 0 Å². The fourth-order valence-corrected chi connectivity index (χ4v) is 1.22. The quantitative estimate of drug-likeness (QED) is 0.577. The lowest BCUT2D eigenvalue weighted by Gasteiger charge is -2.20. The highest BCUT2D eigenvalue weighted by molar-refractivity contribution is 7.80. The standard InChI is InChI=1S/C10H22N2OS.2ClH/c1-9(12(2)3)10(14)13-8-6-4-5-7-11;;/h9H,4-8,11H2,1-3H3;2*1H/t9-;;/m0../s1. The first-order valence-corrected chi connectivity index (χ1v) is 5.53. The summed E-state index contributed by atoms with van der Waals surface area (Å²) < 4.78 is 5.46. The molecule has 6 heteroatoms. The molecule has 0 aromatic rings. The molecule has 0 fully saturated rings. The van der Waals surface area contributed by atoms with E-state index in [4.69, 9.17) is 22.7 Å². The topological polar surface area (TPSA) is 38.5 Å². The first-order chi connectivity index (χ1) is 6.59. The van der Waals surface area contributed by atoms with E-state index in [-0.39, 0.29) is 30.9 Å². The maximum atomic E-state index is 5.46. The molecule has 3 nitrogen and oxygen atoms in total. The molecule has 0 rings (SSSR count). The number of unbranched alkanes of at least 4 members (excludes halogenated alkanes) is 2. The molecule has 100 valence electrons. The lowest BCUT2D eigenvalue weighted by atomic mass is 10.2. The van der Waals surface area contributed by atoms with Crippen molar-refractivity contribution in [3.8, 4) is 0 Å². The van der Waals surface area contributed by atoms with E-state index in [1.807, 2.05) is 25.9 Å². The Morgan fingerprint density at radius 2 is 1.81 bits per heavy atom. The molecule has 0 heterocycles. The van der Waals surface area contributed by atoms with Crippen LogP contribution in [-0.2, 0) is 4.74 Å². The molecule has 0 aromatic carbocycles. The average molecular weight is 291 g/mol. The third-order valence-electron chi connectivity index (χ3n) is 2.21. The number of rotatable bonds is 7. The fraction of sp³-hybridized carbons (Fsp3) is 0.900. The van der Waals surface area contributed by atoms with E-state index >= 15 is 0 Å². The molecular weight excluding hydrogens is 267 g/mol. The van der Waals surface area contributed by atoms with Gasteiger partial charge >= 0.3 is 0 Å². The Hall–Kier alpha value is 0.390. The normalized spacial score (nSPS) is 11.3. The molecule has 0 aromatic heterocycles. The second kappa shape index (κ2) is 13.5. The highest BCUT2D eigenvalue weighted by atomic mass is 35.5. The third-order valence-corrected chi connectivity index (χ3v) is 2.67. The van der Waals surface area contributed by atoms with Crippen molar-refractivity contribution in [2.45, 2.75) is 32.2 Å². The highest BCUT2D eigenvalue weighted by Crippen LogP contribution is 2.00. The van der Waals surface area contributed by atoms with Crippen LogP contribution < -0.4 is 5.73 Å². The van der Waals surface area contributed by atoms with Gasteiger partial charge in [-0.1, -0.05) is 0 Å². The van der Waals surface area contributed by atoms with Crippen LogP contribution >= 0.6 is 37.0 Å². The van der Waals surface area contributed by atoms with E-state index in [2.05, 4.69) is 0 Å². The summed E-state index contributed by atoms with van der Waals surface area (Å²) >= 11 is 5.14. The second-order valence-electron chi connectivity index (χ2n) is 3.66. The zero-order chi connectivity index (χ0) is 11.0. The van der Waals surface area contributed by atoms with Gasteiger partial charge < -0.3 is 10.5 Å². The van der Waals surface area contributed by atoms with Crippen LogP contribution in [0.1, 0.15) is 26.2 Å². The largest absolute Gasteiger partial charge is 0.485 e. The predicted molar refractivity (Wildman–Crippen MR) is 79.1 cm³/mol. The molecular formula is C10H24Cl2N2OS. The lowest BCUT2D eigenvalue weighted by Crippen LogP contribution is -2.33. The summed E-state index contributed by atoms with van der Waals surface area (Å²) in [5.74, 6) is 0. The Bertz CT molecular complexity index is 171. The summed E-state index contributed by atoms with van der Waals surface area (Å²) in [6, 6.07) is 0.208. The summed E-state index contributed by atoms with van der Waals surface area (Å²) in [5, 5.41) is 0.683. The minimum Gasteiger partial charge on any atom is -0.485 e. The summed E-state index contributed by atoms with van der Waals surface area (Å²) in [5.41, 5.74) is 5.39. The first-order valence-electron chi connectivity index (χ1n) is 5.12. The number of halogens is 2.